The van der Waals surface area contributed by atoms with Crippen molar-refractivity contribution in [1.82, 2.24) is 0 Å². The van der Waals surface area contributed by atoms with E-state index in [0.29, 0.717) is 22.8 Å². The number of aryl methyl sites for hydroxylation is 1. The van der Waals surface area contributed by atoms with Gasteiger partial charge in [0.05, 0.1) is 12.3 Å². The summed E-state index contributed by atoms with van der Waals surface area (Å²) in [5, 5.41) is 0. The Balaban J connectivity index is 1.86. The Morgan fingerprint density at radius 3 is 2.29 bits per heavy atom. The zero-order valence-electron chi connectivity index (χ0n) is 19.8. The number of benzene rings is 3. The number of fused-ring (bicyclic) bond motifs is 2. The van der Waals surface area contributed by atoms with E-state index in [1.807, 2.05) is 79.7 Å². The van der Waals surface area contributed by atoms with Gasteiger partial charge in [-0.2, -0.15) is 0 Å². The number of para-hydroxylation sites is 1. The number of hydrogen-bond acceptors (Lipinski definition) is 6. The maximum absolute atomic E-state index is 14.2. The number of imide groups is 1. The van der Waals surface area contributed by atoms with Crippen molar-refractivity contribution in [2.24, 2.45) is 4.99 Å². The molecule has 2 aliphatic rings. The molecule has 176 valence electrons. The van der Waals surface area contributed by atoms with Crippen LogP contribution in [0.15, 0.2) is 83.9 Å². The third-order valence-electron chi connectivity index (χ3n) is 6.39. The number of nitrogens with zero attached hydrogens (tertiary/aromatic N) is 3. The number of anilines is 2. The number of esters is 1. The number of rotatable bonds is 4. The van der Waals surface area contributed by atoms with Crippen LogP contribution in [-0.2, 0) is 24.7 Å². The molecule has 2 atom stereocenters. The average molecular weight is 468 g/mol. The summed E-state index contributed by atoms with van der Waals surface area (Å²) in [5.41, 5.74) is 1.59. The van der Waals surface area contributed by atoms with Crippen LogP contribution in [0.5, 0.6) is 0 Å². The number of amides is 2. The van der Waals surface area contributed by atoms with E-state index in [2.05, 4.69) is 0 Å². The molecule has 0 saturated carbocycles. The van der Waals surface area contributed by atoms with E-state index < -0.39 is 29.4 Å². The lowest BCUT2D eigenvalue weighted by Crippen LogP contribution is -2.56. The van der Waals surface area contributed by atoms with Gasteiger partial charge in [0, 0.05) is 23.7 Å². The van der Waals surface area contributed by atoms with Gasteiger partial charge in [0.15, 0.2) is 6.04 Å². The van der Waals surface area contributed by atoms with Crippen molar-refractivity contribution >= 4 is 35.0 Å². The zero-order valence-corrected chi connectivity index (χ0v) is 19.8. The van der Waals surface area contributed by atoms with Gasteiger partial charge in [0.1, 0.15) is 5.84 Å². The number of carbonyl (C=O) groups is 3. The SMILES string of the molecule is CCOC(=O)C1N(c2ccccc2)C(c2ccccc2)=NC12C(=O)N(C(C)=O)c1ccc(C)cc12. The molecule has 0 radical (unpaired) electrons. The summed E-state index contributed by atoms with van der Waals surface area (Å²) in [6, 6.07) is 23.0. The minimum Gasteiger partial charge on any atom is -0.464 e. The first-order valence-electron chi connectivity index (χ1n) is 11.5. The van der Waals surface area contributed by atoms with Crippen molar-refractivity contribution in [3.05, 3.63) is 95.6 Å². The molecule has 3 aromatic carbocycles. The quantitative estimate of drug-likeness (QED) is 0.543. The number of aliphatic imine (C=N–C) groups is 1. The molecule has 0 bridgehead atoms. The molecule has 7 heteroatoms. The minimum atomic E-state index is -1.68. The maximum Gasteiger partial charge on any atom is 0.332 e. The number of hydrogen-bond donors (Lipinski definition) is 0. The first-order valence-corrected chi connectivity index (χ1v) is 11.5. The smallest absolute Gasteiger partial charge is 0.332 e. The lowest BCUT2D eigenvalue weighted by molar-refractivity contribution is -0.148. The Morgan fingerprint density at radius 2 is 1.66 bits per heavy atom. The summed E-state index contributed by atoms with van der Waals surface area (Å²) in [7, 11) is 0. The van der Waals surface area contributed by atoms with Gasteiger partial charge in [-0.1, -0.05) is 66.2 Å². The van der Waals surface area contributed by atoms with Crippen molar-refractivity contribution in [3.8, 4) is 0 Å². The first-order chi connectivity index (χ1) is 16.9. The Morgan fingerprint density at radius 1 is 1.00 bits per heavy atom. The Bertz CT molecular complexity index is 1350. The van der Waals surface area contributed by atoms with Gasteiger partial charge in [-0.15, -0.1) is 0 Å². The summed E-state index contributed by atoms with van der Waals surface area (Å²) in [6.07, 6.45) is 0. The van der Waals surface area contributed by atoms with Gasteiger partial charge < -0.3 is 9.64 Å². The Hall–Kier alpha value is -4.26. The molecule has 0 fully saturated rings. The predicted octanol–water partition coefficient (Wildman–Crippen LogP) is 3.98. The Kier molecular flexibility index (Phi) is 5.47. The van der Waals surface area contributed by atoms with E-state index in [-0.39, 0.29) is 6.61 Å². The fourth-order valence-corrected chi connectivity index (χ4v) is 4.97. The predicted molar refractivity (Wildman–Crippen MR) is 133 cm³/mol. The van der Waals surface area contributed by atoms with Gasteiger partial charge in [-0.3, -0.25) is 9.59 Å². The molecule has 0 aromatic heterocycles. The van der Waals surface area contributed by atoms with E-state index in [1.54, 1.807) is 17.9 Å². The second-order valence-electron chi connectivity index (χ2n) is 8.61. The highest BCUT2D eigenvalue weighted by molar-refractivity contribution is 6.28. The zero-order chi connectivity index (χ0) is 24.7. The van der Waals surface area contributed by atoms with E-state index in [1.165, 1.54) is 6.92 Å². The molecule has 2 heterocycles. The van der Waals surface area contributed by atoms with Crippen LogP contribution in [0.2, 0.25) is 0 Å². The van der Waals surface area contributed by atoms with Crippen LogP contribution in [-0.4, -0.2) is 36.3 Å². The average Bonchev–Trinajstić information content (AvgIpc) is 3.34. The topological polar surface area (TPSA) is 79.3 Å². The number of carbonyl (C=O) groups excluding carboxylic acids is 3. The Labute approximate surface area is 203 Å². The molecule has 1 spiro atoms. The largest absolute Gasteiger partial charge is 0.464 e. The molecule has 2 amide bonds. The van der Waals surface area contributed by atoms with Gasteiger partial charge in [0.25, 0.3) is 5.91 Å². The highest BCUT2D eigenvalue weighted by atomic mass is 16.5. The first kappa shape index (κ1) is 22.5. The molecular formula is C28H25N3O4. The second-order valence-corrected chi connectivity index (χ2v) is 8.61. The molecule has 0 aliphatic carbocycles. The van der Waals surface area contributed by atoms with Crippen LogP contribution in [0.25, 0.3) is 0 Å². The lowest BCUT2D eigenvalue weighted by Gasteiger charge is -2.33. The van der Waals surface area contributed by atoms with E-state index in [9.17, 15) is 14.4 Å². The molecule has 7 nitrogen and oxygen atoms in total. The van der Waals surface area contributed by atoms with Crippen molar-refractivity contribution < 1.29 is 19.1 Å². The van der Waals surface area contributed by atoms with Gasteiger partial charge in [-0.25, -0.2) is 14.7 Å². The second kappa shape index (κ2) is 8.51. The molecule has 2 unspecified atom stereocenters. The molecule has 35 heavy (non-hydrogen) atoms. The number of amidine groups is 1. The standard InChI is InChI=1S/C28H25N3O4/c1-4-35-26(33)24-28(22-17-18(2)15-16-23(22)30(19(3)32)27(28)34)29-25(20-11-7-5-8-12-20)31(24)21-13-9-6-10-14-21/h5-17,24H,4H2,1-3H3. The van der Waals surface area contributed by atoms with Crippen LogP contribution < -0.4 is 9.80 Å². The van der Waals surface area contributed by atoms with Crippen molar-refractivity contribution in [1.29, 1.82) is 0 Å². The van der Waals surface area contributed by atoms with E-state index >= 15 is 0 Å². The molecule has 0 N–H and O–H groups in total. The highest BCUT2D eigenvalue weighted by Crippen LogP contribution is 2.51. The fourth-order valence-electron chi connectivity index (χ4n) is 4.97. The summed E-state index contributed by atoms with van der Waals surface area (Å²) in [4.78, 5) is 48.5. The van der Waals surface area contributed by atoms with Crippen molar-refractivity contribution in [2.75, 3.05) is 16.4 Å². The summed E-state index contributed by atoms with van der Waals surface area (Å²) in [6.45, 7) is 5.10. The van der Waals surface area contributed by atoms with Crippen LogP contribution in [0.4, 0.5) is 11.4 Å². The van der Waals surface area contributed by atoms with Crippen LogP contribution >= 0.6 is 0 Å². The number of ether oxygens (including phenoxy) is 1. The third kappa shape index (κ3) is 3.34. The highest BCUT2D eigenvalue weighted by Gasteiger charge is 2.66. The van der Waals surface area contributed by atoms with Crippen molar-refractivity contribution in [3.63, 3.8) is 0 Å². The summed E-state index contributed by atoms with van der Waals surface area (Å²) >= 11 is 0. The van der Waals surface area contributed by atoms with E-state index in [4.69, 9.17) is 9.73 Å². The molecular weight excluding hydrogens is 442 g/mol. The molecule has 3 aromatic rings. The third-order valence-corrected chi connectivity index (χ3v) is 6.39. The molecule has 2 aliphatic heterocycles. The van der Waals surface area contributed by atoms with Crippen LogP contribution in [0.3, 0.4) is 0 Å². The normalized spacial score (nSPS) is 20.7. The van der Waals surface area contributed by atoms with Gasteiger partial charge >= 0.3 is 5.97 Å². The monoisotopic (exact) mass is 467 g/mol. The minimum absolute atomic E-state index is 0.139. The van der Waals surface area contributed by atoms with Gasteiger partial charge in [0.2, 0.25) is 11.4 Å². The maximum atomic E-state index is 14.2. The van der Waals surface area contributed by atoms with Gasteiger partial charge in [-0.05, 0) is 32.0 Å². The molecule has 0 saturated heterocycles. The van der Waals surface area contributed by atoms with E-state index in [0.717, 1.165) is 16.0 Å². The summed E-state index contributed by atoms with van der Waals surface area (Å²) in [5.74, 6) is -1.12. The van der Waals surface area contributed by atoms with Crippen LogP contribution in [0.1, 0.15) is 30.5 Å². The van der Waals surface area contributed by atoms with Crippen molar-refractivity contribution in [2.45, 2.75) is 32.4 Å². The molecule has 5 rings (SSSR count). The summed E-state index contributed by atoms with van der Waals surface area (Å²) < 4.78 is 5.53. The fraction of sp³-hybridized carbons (Fsp3) is 0.214. The van der Waals surface area contributed by atoms with Crippen LogP contribution in [0, 0.1) is 6.92 Å². The lowest BCUT2D eigenvalue weighted by atomic mass is 9.83.